The van der Waals surface area contributed by atoms with Crippen molar-refractivity contribution in [3.8, 4) is 0 Å². The molecule has 2 nitrogen and oxygen atoms in total. The van der Waals surface area contributed by atoms with Gasteiger partial charge in [0.25, 0.3) is 0 Å². The summed E-state index contributed by atoms with van der Waals surface area (Å²) >= 11 is 6.94. The third kappa shape index (κ3) is 1.20. The molecule has 1 rings (SSSR count). The van der Waals surface area contributed by atoms with E-state index in [0.717, 1.165) is 8.96 Å². The molecule has 0 aromatic heterocycles. The summed E-state index contributed by atoms with van der Waals surface area (Å²) in [7, 11) is 0. The second-order valence-electron chi connectivity index (χ2n) is 4.06. The predicted molar refractivity (Wildman–Crippen MR) is 56.7 cm³/mol. The Morgan fingerprint density at radius 2 is 1.25 bits per heavy atom. The first-order chi connectivity index (χ1) is 5.22. The fourth-order valence-corrected chi connectivity index (χ4v) is 2.73. The van der Waals surface area contributed by atoms with Crippen LogP contribution in [-0.4, -0.2) is 21.3 Å². The van der Waals surface area contributed by atoms with Gasteiger partial charge in [-0.2, -0.15) is 5.06 Å². The van der Waals surface area contributed by atoms with Crippen LogP contribution in [0.2, 0.25) is 0 Å². The summed E-state index contributed by atoms with van der Waals surface area (Å²) in [6.45, 7) is 7.86. The Bertz CT molecular complexity index is 221. The van der Waals surface area contributed by atoms with Crippen molar-refractivity contribution in [2.45, 2.75) is 38.8 Å². The summed E-state index contributed by atoms with van der Waals surface area (Å²) in [6.07, 6.45) is 0. The van der Waals surface area contributed by atoms with Gasteiger partial charge in [-0.3, -0.25) is 0 Å². The van der Waals surface area contributed by atoms with E-state index in [-0.39, 0.29) is 11.1 Å². The average Bonchev–Trinajstić information content (AvgIpc) is 2.06. The maximum absolute atomic E-state index is 9.86. The average molecular weight is 299 g/mol. The van der Waals surface area contributed by atoms with Gasteiger partial charge < -0.3 is 5.21 Å². The molecule has 0 saturated heterocycles. The van der Waals surface area contributed by atoms with E-state index < -0.39 is 0 Å². The normalized spacial score (nSPS) is 28.2. The van der Waals surface area contributed by atoms with Crippen LogP contribution >= 0.6 is 31.9 Å². The molecular formula is C8H13Br2NO. The van der Waals surface area contributed by atoms with E-state index in [2.05, 4.69) is 31.9 Å². The summed E-state index contributed by atoms with van der Waals surface area (Å²) in [4.78, 5) is 0. The van der Waals surface area contributed by atoms with Gasteiger partial charge in [-0.1, -0.05) is 31.9 Å². The van der Waals surface area contributed by atoms with E-state index in [1.165, 1.54) is 5.06 Å². The van der Waals surface area contributed by atoms with Crippen molar-refractivity contribution in [1.82, 2.24) is 5.06 Å². The zero-order chi connectivity index (χ0) is 9.73. The van der Waals surface area contributed by atoms with Crippen LogP contribution in [0.15, 0.2) is 8.96 Å². The summed E-state index contributed by atoms with van der Waals surface area (Å²) in [6, 6.07) is 0. The zero-order valence-electron chi connectivity index (χ0n) is 7.65. The lowest BCUT2D eigenvalue weighted by Crippen LogP contribution is -2.47. The van der Waals surface area contributed by atoms with Gasteiger partial charge in [0, 0.05) is 8.96 Å². The highest BCUT2D eigenvalue weighted by atomic mass is 79.9. The molecule has 4 heteroatoms. The van der Waals surface area contributed by atoms with Crippen LogP contribution in [0.5, 0.6) is 0 Å². The van der Waals surface area contributed by atoms with Gasteiger partial charge in [-0.15, -0.1) is 0 Å². The number of halogens is 2. The minimum atomic E-state index is -0.345. The van der Waals surface area contributed by atoms with E-state index in [9.17, 15) is 5.21 Å². The van der Waals surface area contributed by atoms with Gasteiger partial charge >= 0.3 is 0 Å². The quantitative estimate of drug-likeness (QED) is 0.742. The number of rotatable bonds is 0. The molecule has 0 bridgehead atoms. The third-order valence-corrected chi connectivity index (χ3v) is 5.59. The molecule has 0 fully saturated rings. The molecule has 0 spiro atoms. The van der Waals surface area contributed by atoms with E-state index in [0.29, 0.717) is 0 Å². The minimum absolute atomic E-state index is 0.345. The first kappa shape index (κ1) is 10.7. The highest BCUT2D eigenvalue weighted by Gasteiger charge is 2.49. The number of nitrogens with zero attached hydrogens (tertiary/aromatic N) is 1. The Kier molecular flexibility index (Phi) is 2.50. The Balaban J connectivity index is 3.22. The van der Waals surface area contributed by atoms with Crippen molar-refractivity contribution in [1.29, 1.82) is 0 Å². The number of hydroxylamine groups is 2. The SMILES string of the molecule is CC1(C)C(Br)=C(Br)C(C)(C)N1O. The molecule has 0 aromatic carbocycles. The minimum Gasteiger partial charge on any atom is -0.312 e. The summed E-state index contributed by atoms with van der Waals surface area (Å²) < 4.78 is 2.00. The number of hydrogen-bond donors (Lipinski definition) is 1. The monoisotopic (exact) mass is 297 g/mol. The van der Waals surface area contributed by atoms with Crippen molar-refractivity contribution in [2.75, 3.05) is 0 Å². The molecule has 0 radical (unpaired) electrons. The van der Waals surface area contributed by atoms with Crippen LogP contribution in [-0.2, 0) is 0 Å². The lowest BCUT2D eigenvalue weighted by Gasteiger charge is -2.35. The molecule has 0 aromatic rings. The fraction of sp³-hybridized carbons (Fsp3) is 0.750. The van der Waals surface area contributed by atoms with Crippen LogP contribution in [0.3, 0.4) is 0 Å². The standard InChI is InChI=1S/C8H13Br2NO/c1-7(2)5(9)6(10)8(3,4)11(7)12/h12H,1-4H3. The zero-order valence-corrected chi connectivity index (χ0v) is 10.8. The highest BCUT2D eigenvalue weighted by Crippen LogP contribution is 2.48. The second kappa shape index (κ2) is 2.80. The lowest BCUT2D eigenvalue weighted by atomic mass is 10.1. The molecule has 0 atom stereocenters. The van der Waals surface area contributed by atoms with Crippen molar-refractivity contribution in [3.63, 3.8) is 0 Å². The topological polar surface area (TPSA) is 23.5 Å². The molecule has 70 valence electrons. The lowest BCUT2D eigenvalue weighted by molar-refractivity contribution is -0.184. The molecule has 0 aliphatic carbocycles. The first-order valence-electron chi connectivity index (χ1n) is 3.78. The summed E-state index contributed by atoms with van der Waals surface area (Å²) in [5.41, 5.74) is -0.690. The third-order valence-electron chi connectivity index (χ3n) is 2.33. The molecule has 1 aliphatic heterocycles. The van der Waals surface area contributed by atoms with Gasteiger partial charge in [0.15, 0.2) is 0 Å². The summed E-state index contributed by atoms with van der Waals surface area (Å²) in [5.74, 6) is 0. The molecule has 0 amide bonds. The van der Waals surface area contributed by atoms with Crippen LogP contribution in [0, 0.1) is 0 Å². The van der Waals surface area contributed by atoms with Crippen LogP contribution in [0.4, 0.5) is 0 Å². The highest BCUT2D eigenvalue weighted by molar-refractivity contribution is 9.14. The largest absolute Gasteiger partial charge is 0.312 e. The van der Waals surface area contributed by atoms with Crippen LogP contribution < -0.4 is 0 Å². The van der Waals surface area contributed by atoms with Gasteiger partial charge in [0.1, 0.15) is 0 Å². The van der Waals surface area contributed by atoms with Crippen molar-refractivity contribution >= 4 is 31.9 Å². The Hall–Kier alpha value is 0.620. The van der Waals surface area contributed by atoms with Gasteiger partial charge in [0.2, 0.25) is 0 Å². The molecular weight excluding hydrogens is 286 g/mol. The molecule has 1 heterocycles. The van der Waals surface area contributed by atoms with E-state index >= 15 is 0 Å². The van der Waals surface area contributed by atoms with Crippen LogP contribution in [0.25, 0.3) is 0 Å². The van der Waals surface area contributed by atoms with E-state index in [1.54, 1.807) is 0 Å². The maximum Gasteiger partial charge on any atom is 0.0736 e. The second-order valence-corrected chi connectivity index (χ2v) is 5.64. The van der Waals surface area contributed by atoms with E-state index in [4.69, 9.17) is 0 Å². The Morgan fingerprint density at radius 1 is 1.00 bits per heavy atom. The van der Waals surface area contributed by atoms with Crippen molar-refractivity contribution in [2.24, 2.45) is 0 Å². The molecule has 1 N–H and O–H groups in total. The van der Waals surface area contributed by atoms with Crippen molar-refractivity contribution in [3.05, 3.63) is 8.96 Å². The van der Waals surface area contributed by atoms with Crippen molar-refractivity contribution < 1.29 is 5.21 Å². The van der Waals surface area contributed by atoms with Crippen LogP contribution in [0.1, 0.15) is 27.7 Å². The van der Waals surface area contributed by atoms with Gasteiger partial charge in [0.05, 0.1) is 11.1 Å². The van der Waals surface area contributed by atoms with E-state index in [1.807, 2.05) is 27.7 Å². The predicted octanol–water partition coefficient (Wildman–Crippen LogP) is 3.25. The maximum atomic E-state index is 9.86. The smallest absolute Gasteiger partial charge is 0.0736 e. The molecule has 0 unspecified atom stereocenters. The van der Waals surface area contributed by atoms with Gasteiger partial charge in [-0.05, 0) is 27.7 Å². The van der Waals surface area contributed by atoms with Gasteiger partial charge in [-0.25, -0.2) is 0 Å². The molecule has 12 heavy (non-hydrogen) atoms. The molecule has 0 saturated carbocycles. The Labute approximate surface area is 89.8 Å². The number of hydrogen-bond acceptors (Lipinski definition) is 2. The fourth-order valence-electron chi connectivity index (χ4n) is 1.42. The molecule has 1 aliphatic rings. The Morgan fingerprint density at radius 3 is 1.33 bits per heavy atom. The summed E-state index contributed by atoms with van der Waals surface area (Å²) in [5, 5.41) is 11.2. The first-order valence-corrected chi connectivity index (χ1v) is 5.36.